The molecular formula is C17H16ClF3N2O. The molecule has 0 saturated heterocycles. The molecule has 2 aromatic rings. The molecule has 0 radical (unpaired) electrons. The van der Waals surface area contributed by atoms with Crippen molar-refractivity contribution in [2.45, 2.75) is 19.1 Å². The van der Waals surface area contributed by atoms with E-state index in [1.807, 2.05) is 13.0 Å². The van der Waals surface area contributed by atoms with Crippen LogP contribution in [0.3, 0.4) is 0 Å². The van der Waals surface area contributed by atoms with Gasteiger partial charge < -0.3 is 10.6 Å². The Labute approximate surface area is 142 Å². The van der Waals surface area contributed by atoms with E-state index in [0.717, 1.165) is 18.2 Å². The number of halogens is 4. The van der Waals surface area contributed by atoms with Gasteiger partial charge in [0.25, 0.3) is 0 Å². The highest BCUT2D eigenvalue weighted by molar-refractivity contribution is 6.33. The lowest BCUT2D eigenvalue weighted by molar-refractivity contribution is -0.137. The third-order valence-electron chi connectivity index (χ3n) is 3.35. The smallest absolute Gasteiger partial charge is 0.323 e. The maximum Gasteiger partial charge on any atom is 0.416 e. The summed E-state index contributed by atoms with van der Waals surface area (Å²) in [6, 6.07) is 11.0. The lowest BCUT2D eigenvalue weighted by Crippen LogP contribution is -2.33. The number of carbonyl (C=O) groups excluding carboxylic acids is 1. The van der Waals surface area contributed by atoms with E-state index < -0.39 is 23.7 Å². The SMILES string of the molecule is CCN[C@H](C(=O)Nc1cc(C(F)(F)F)ccc1Cl)c1ccccc1. The Hall–Kier alpha value is -2.05. The van der Waals surface area contributed by atoms with Crippen LogP contribution in [-0.2, 0) is 11.0 Å². The molecule has 2 N–H and O–H groups in total. The monoisotopic (exact) mass is 356 g/mol. The van der Waals surface area contributed by atoms with Crippen LogP contribution in [0.5, 0.6) is 0 Å². The summed E-state index contributed by atoms with van der Waals surface area (Å²) in [5.41, 5.74) is -0.239. The molecule has 2 rings (SSSR count). The van der Waals surface area contributed by atoms with Gasteiger partial charge in [-0.25, -0.2) is 0 Å². The summed E-state index contributed by atoms with van der Waals surface area (Å²) in [6.45, 7) is 2.35. The van der Waals surface area contributed by atoms with Gasteiger partial charge in [0, 0.05) is 0 Å². The number of hydrogen-bond acceptors (Lipinski definition) is 2. The van der Waals surface area contributed by atoms with Crippen molar-refractivity contribution in [1.82, 2.24) is 5.32 Å². The molecule has 7 heteroatoms. The molecule has 1 amide bonds. The lowest BCUT2D eigenvalue weighted by Gasteiger charge is -2.19. The Bertz CT molecular complexity index is 705. The van der Waals surface area contributed by atoms with E-state index in [4.69, 9.17) is 11.6 Å². The average molecular weight is 357 g/mol. The van der Waals surface area contributed by atoms with E-state index in [0.29, 0.717) is 12.1 Å². The van der Waals surface area contributed by atoms with Gasteiger partial charge in [0.1, 0.15) is 6.04 Å². The zero-order chi connectivity index (χ0) is 17.7. The van der Waals surface area contributed by atoms with Gasteiger partial charge in [-0.2, -0.15) is 13.2 Å². The second-order valence-corrected chi connectivity index (χ2v) is 5.49. The van der Waals surface area contributed by atoms with Gasteiger partial charge in [-0.05, 0) is 30.3 Å². The predicted octanol–water partition coefficient (Wildman–Crippen LogP) is 4.65. The summed E-state index contributed by atoms with van der Waals surface area (Å²) >= 11 is 5.92. The number of hydrogen-bond donors (Lipinski definition) is 2. The normalized spacial score (nSPS) is 12.7. The van der Waals surface area contributed by atoms with E-state index in [9.17, 15) is 18.0 Å². The Kier molecular flexibility index (Phi) is 5.85. The first kappa shape index (κ1) is 18.3. The van der Waals surface area contributed by atoms with Crippen LogP contribution in [0.4, 0.5) is 18.9 Å². The number of anilines is 1. The van der Waals surface area contributed by atoms with E-state index in [1.54, 1.807) is 24.3 Å². The quantitative estimate of drug-likeness (QED) is 0.818. The second-order valence-electron chi connectivity index (χ2n) is 5.08. The highest BCUT2D eigenvalue weighted by Gasteiger charge is 2.31. The van der Waals surface area contributed by atoms with Gasteiger partial charge in [-0.3, -0.25) is 4.79 Å². The number of alkyl halides is 3. The molecule has 128 valence electrons. The Morgan fingerprint density at radius 2 is 1.83 bits per heavy atom. The van der Waals surface area contributed by atoms with Gasteiger partial charge in [0.05, 0.1) is 16.3 Å². The minimum absolute atomic E-state index is 0.0414. The molecule has 0 bridgehead atoms. The van der Waals surface area contributed by atoms with Crippen molar-refractivity contribution in [3.05, 3.63) is 64.7 Å². The Morgan fingerprint density at radius 1 is 1.17 bits per heavy atom. The topological polar surface area (TPSA) is 41.1 Å². The summed E-state index contributed by atoms with van der Waals surface area (Å²) < 4.78 is 38.4. The summed E-state index contributed by atoms with van der Waals surface area (Å²) in [5, 5.41) is 5.52. The molecular weight excluding hydrogens is 341 g/mol. The molecule has 0 fully saturated rings. The number of benzene rings is 2. The number of amides is 1. The third-order valence-corrected chi connectivity index (χ3v) is 3.68. The predicted molar refractivity (Wildman–Crippen MR) is 87.9 cm³/mol. The molecule has 0 aliphatic rings. The van der Waals surface area contributed by atoms with Crippen molar-refractivity contribution in [3.63, 3.8) is 0 Å². The van der Waals surface area contributed by atoms with Crippen LogP contribution < -0.4 is 10.6 Å². The highest BCUT2D eigenvalue weighted by Crippen LogP contribution is 2.34. The van der Waals surface area contributed by atoms with Gasteiger partial charge >= 0.3 is 6.18 Å². The molecule has 0 aromatic heterocycles. The molecule has 0 heterocycles. The molecule has 0 aliphatic heterocycles. The van der Waals surface area contributed by atoms with E-state index in [1.165, 1.54) is 0 Å². The van der Waals surface area contributed by atoms with Gasteiger partial charge in [-0.15, -0.1) is 0 Å². The third kappa shape index (κ3) is 4.49. The number of carbonyl (C=O) groups is 1. The lowest BCUT2D eigenvalue weighted by atomic mass is 10.1. The first-order chi connectivity index (χ1) is 11.3. The molecule has 24 heavy (non-hydrogen) atoms. The van der Waals surface area contributed by atoms with Crippen LogP contribution in [0.15, 0.2) is 48.5 Å². The van der Waals surface area contributed by atoms with Gasteiger partial charge in [0.15, 0.2) is 0 Å². The van der Waals surface area contributed by atoms with E-state index >= 15 is 0 Å². The second kappa shape index (κ2) is 7.68. The maximum absolute atomic E-state index is 12.8. The van der Waals surface area contributed by atoms with Crippen LogP contribution in [0.25, 0.3) is 0 Å². The fraction of sp³-hybridized carbons (Fsp3) is 0.235. The minimum atomic E-state index is -4.51. The maximum atomic E-state index is 12.8. The summed E-state index contributed by atoms with van der Waals surface area (Å²) in [4.78, 5) is 12.5. The van der Waals surface area contributed by atoms with Crippen LogP contribution in [0, 0.1) is 0 Å². The van der Waals surface area contributed by atoms with Crippen LogP contribution in [0.2, 0.25) is 5.02 Å². The molecule has 0 aliphatic carbocycles. The standard InChI is InChI=1S/C17H16ClF3N2O/c1-2-22-15(11-6-4-3-5-7-11)16(24)23-14-10-12(17(19,20)21)8-9-13(14)18/h3-10,15,22H,2H2,1H3,(H,23,24)/t15-/m0/s1. The zero-order valence-electron chi connectivity index (χ0n) is 12.8. The van der Waals surface area contributed by atoms with Crippen LogP contribution >= 0.6 is 11.6 Å². The first-order valence-corrected chi connectivity index (χ1v) is 7.66. The summed E-state index contributed by atoms with van der Waals surface area (Å²) in [5.74, 6) is -0.482. The largest absolute Gasteiger partial charge is 0.416 e. The van der Waals surface area contributed by atoms with Crippen molar-refractivity contribution < 1.29 is 18.0 Å². The molecule has 0 spiro atoms. The molecule has 2 aromatic carbocycles. The summed E-state index contributed by atoms with van der Waals surface area (Å²) in [7, 11) is 0. The number of likely N-dealkylation sites (N-methyl/N-ethyl adjacent to an activating group) is 1. The minimum Gasteiger partial charge on any atom is -0.323 e. The Balaban J connectivity index is 2.27. The fourth-order valence-corrected chi connectivity index (χ4v) is 2.38. The molecule has 0 saturated carbocycles. The van der Waals surface area contributed by atoms with Crippen molar-refractivity contribution in [1.29, 1.82) is 0 Å². The van der Waals surface area contributed by atoms with Crippen LogP contribution in [-0.4, -0.2) is 12.5 Å². The van der Waals surface area contributed by atoms with Gasteiger partial charge in [-0.1, -0.05) is 48.9 Å². The molecule has 1 atom stereocenters. The van der Waals surface area contributed by atoms with Crippen LogP contribution in [0.1, 0.15) is 24.1 Å². The average Bonchev–Trinajstić information content (AvgIpc) is 2.54. The molecule has 0 unspecified atom stereocenters. The van der Waals surface area contributed by atoms with Crippen molar-refractivity contribution in [2.75, 3.05) is 11.9 Å². The van der Waals surface area contributed by atoms with E-state index in [-0.39, 0.29) is 10.7 Å². The fourth-order valence-electron chi connectivity index (χ4n) is 2.21. The van der Waals surface area contributed by atoms with Gasteiger partial charge in [0.2, 0.25) is 5.91 Å². The van der Waals surface area contributed by atoms with E-state index in [2.05, 4.69) is 10.6 Å². The Morgan fingerprint density at radius 3 is 2.42 bits per heavy atom. The first-order valence-electron chi connectivity index (χ1n) is 7.29. The van der Waals surface area contributed by atoms with Crippen molar-refractivity contribution in [3.8, 4) is 0 Å². The highest BCUT2D eigenvalue weighted by atomic mass is 35.5. The summed E-state index contributed by atoms with van der Waals surface area (Å²) in [6.07, 6.45) is -4.51. The van der Waals surface area contributed by atoms with Crippen molar-refractivity contribution >= 4 is 23.2 Å². The number of nitrogens with one attached hydrogen (secondary N) is 2. The van der Waals surface area contributed by atoms with Crippen molar-refractivity contribution in [2.24, 2.45) is 0 Å². The molecule has 3 nitrogen and oxygen atoms in total. The zero-order valence-corrected chi connectivity index (χ0v) is 13.6. The number of rotatable bonds is 5.